The lowest BCUT2D eigenvalue weighted by Gasteiger charge is -2.22. The van der Waals surface area contributed by atoms with Crippen LogP contribution in [-0.2, 0) is 17.9 Å². The molecule has 29 heavy (non-hydrogen) atoms. The second-order valence-corrected chi connectivity index (χ2v) is 6.57. The van der Waals surface area contributed by atoms with Crippen molar-refractivity contribution in [1.29, 1.82) is 0 Å². The highest BCUT2D eigenvalue weighted by Crippen LogP contribution is 2.32. The smallest absolute Gasteiger partial charge is 0.251 e. The van der Waals surface area contributed by atoms with Crippen molar-refractivity contribution in [1.82, 2.24) is 10.2 Å². The summed E-state index contributed by atoms with van der Waals surface area (Å²) >= 11 is 0. The molecule has 0 saturated heterocycles. The van der Waals surface area contributed by atoms with Crippen LogP contribution < -0.4 is 14.8 Å². The third-order valence-electron chi connectivity index (χ3n) is 4.53. The van der Waals surface area contributed by atoms with Gasteiger partial charge >= 0.3 is 0 Å². The molecule has 0 spiro atoms. The van der Waals surface area contributed by atoms with Gasteiger partial charge in [0.15, 0.2) is 11.5 Å². The van der Waals surface area contributed by atoms with Gasteiger partial charge in [0.25, 0.3) is 5.91 Å². The third kappa shape index (κ3) is 4.57. The lowest BCUT2D eigenvalue weighted by Crippen LogP contribution is -2.39. The van der Waals surface area contributed by atoms with Crippen molar-refractivity contribution in [3.05, 3.63) is 83.8 Å². The zero-order valence-electron chi connectivity index (χ0n) is 15.7. The molecule has 4 rings (SSSR count). The number of amides is 2. The zero-order valence-corrected chi connectivity index (χ0v) is 15.7. The molecule has 2 aromatic carbocycles. The largest absolute Gasteiger partial charge is 0.467 e. The number of fused-ring (bicyclic) bond motifs is 1. The van der Waals surface area contributed by atoms with Crippen molar-refractivity contribution in [2.45, 2.75) is 13.1 Å². The maximum atomic E-state index is 12.8. The number of nitrogens with zero attached hydrogens (tertiary/aromatic N) is 1. The Labute approximate surface area is 167 Å². The second-order valence-electron chi connectivity index (χ2n) is 6.57. The van der Waals surface area contributed by atoms with E-state index in [0.717, 1.165) is 5.56 Å². The van der Waals surface area contributed by atoms with Crippen molar-refractivity contribution in [3.8, 4) is 11.5 Å². The topological polar surface area (TPSA) is 81.0 Å². The number of carbonyl (C=O) groups excluding carboxylic acids is 2. The predicted molar refractivity (Wildman–Crippen MR) is 104 cm³/mol. The summed E-state index contributed by atoms with van der Waals surface area (Å²) in [6, 6.07) is 18.2. The van der Waals surface area contributed by atoms with E-state index in [4.69, 9.17) is 13.9 Å². The Kier molecular flexibility index (Phi) is 5.47. The first-order valence-corrected chi connectivity index (χ1v) is 9.21. The minimum Gasteiger partial charge on any atom is -0.467 e. The molecule has 0 fully saturated rings. The van der Waals surface area contributed by atoms with E-state index in [9.17, 15) is 9.59 Å². The van der Waals surface area contributed by atoms with Gasteiger partial charge in [0, 0.05) is 12.1 Å². The molecule has 2 heterocycles. The van der Waals surface area contributed by atoms with Crippen molar-refractivity contribution >= 4 is 11.8 Å². The van der Waals surface area contributed by atoms with Crippen LogP contribution in [-0.4, -0.2) is 30.1 Å². The minimum atomic E-state index is -0.352. The fraction of sp³-hybridized carbons (Fsp3) is 0.182. The highest BCUT2D eigenvalue weighted by atomic mass is 16.7. The zero-order chi connectivity index (χ0) is 20.1. The molecule has 0 bridgehead atoms. The van der Waals surface area contributed by atoms with Crippen molar-refractivity contribution in [3.63, 3.8) is 0 Å². The number of ether oxygens (including phenoxy) is 2. The lowest BCUT2D eigenvalue weighted by atomic mass is 10.2. The molecule has 0 saturated carbocycles. The standard InChI is InChI=1S/C22H20N2O5/c25-21(12-23-22(26)17-8-9-19-20(11-17)29-15-28-19)24(14-18-7-4-10-27-18)13-16-5-2-1-3-6-16/h1-11H,12-15H2,(H,23,26). The van der Waals surface area contributed by atoms with E-state index in [1.165, 1.54) is 0 Å². The average Bonchev–Trinajstić information content (AvgIpc) is 3.43. The molecular formula is C22H20N2O5. The van der Waals surface area contributed by atoms with Crippen molar-refractivity contribution in [2.24, 2.45) is 0 Å². The van der Waals surface area contributed by atoms with Gasteiger partial charge in [-0.3, -0.25) is 9.59 Å². The van der Waals surface area contributed by atoms with Gasteiger partial charge in [0.1, 0.15) is 5.76 Å². The predicted octanol–water partition coefficient (Wildman–Crippen LogP) is 2.97. The summed E-state index contributed by atoms with van der Waals surface area (Å²) in [4.78, 5) is 26.9. The van der Waals surface area contributed by atoms with E-state index < -0.39 is 0 Å². The van der Waals surface area contributed by atoms with E-state index in [1.54, 1.807) is 35.4 Å². The third-order valence-corrected chi connectivity index (χ3v) is 4.53. The van der Waals surface area contributed by atoms with Gasteiger partial charge in [-0.1, -0.05) is 30.3 Å². The first-order valence-electron chi connectivity index (χ1n) is 9.21. The monoisotopic (exact) mass is 392 g/mol. The van der Waals surface area contributed by atoms with Gasteiger partial charge < -0.3 is 24.1 Å². The molecule has 1 aliphatic heterocycles. The SMILES string of the molecule is O=C(NCC(=O)N(Cc1ccccc1)Cc1ccco1)c1ccc2c(c1)OCO2. The molecule has 3 aromatic rings. The van der Waals surface area contributed by atoms with Gasteiger partial charge in [-0.25, -0.2) is 0 Å². The molecule has 1 aromatic heterocycles. The summed E-state index contributed by atoms with van der Waals surface area (Å²) in [6.45, 7) is 0.752. The Morgan fingerprint density at radius 3 is 2.55 bits per heavy atom. The van der Waals surface area contributed by atoms with Gasteiger partial charge in [0.05, 0.1) is 19.4 Å². The maximum Gasteiger partial charge on any atom is 0.251 e. The van der Waals surface area contributed by atoms with Gasteiger partial charge in [-0.2, -0.15) is 0 Å². The molecule has 0 radical (unpaired) electrons. The van der Waals surface area contributed by atoms with Crippen LogP contribution in [0.4, 0.5) is 0 Å². The van der Waals surface area contributed by atoms with Crippen molar-refractivity contribution in [2.75, 3.05) is 13.3 Å². The van der Waals surface area contributed by atoms with Gasteiger partial charge in [0.2, 0.25) is 12.7 Å². The quantitative estimate of drug-likeness (QED) is 0.669. The molecule has 0 atom stereocenters. The molecule has 1 aliphatic rings. The summed E-state index contributed by atoms with van der Waals surface area (Å²) in [5.41, 5.74) is 1.40. The Bertz CT molecular complexity index is 986. The van der Waals surface area contributed by atoms with Crippen LogP contribution >= 0.6 is 0 Å². The molecule has 148 valence electrons. The number of benzene rings is 2. The summed E-state index contributed by atoms with van der Waals surface area (Å²) < 4.78 is 15.9. The lowest BCUT2D eigenvalue weighted by molar-refractivity contribution is -0.131. The van der Waals surface area contributed by atoms with E-state index in [2.05, 4.69) is 5.32 Å². The Balaban J connectivity index is 1.41. The Morgan fingerprint density at radius 2 is 1.76 bits per heavy atom. The van der Waals surface area contributed by atoms with Crippen LogP contribution in [0.25, 0.3) is 0 Å². The summed E-state index contributed by atoms with van der Waals surface area (Å²) in [7, 11) is 0. The number of rotatable bonds is 7. The number of furan rings is 1. The first kappa shape index (κ1) is 18.6. The van der Waals surface area contributed by atoms with Crippen LogP contribution in [0.2, 0.25) is 0 Å². The summed E-state index contributed by atoms with van der Waals surface area (Å²) in [6.07, 6.45) is 1.57. The maximum absolute atomic E-state index is 12.8. The fourth-order valence-electron chi connectivity index (χ4n) is 3.03. The van der Waals surface area contributed by atoms with E-state index in [-0.39, 0.29) is 25.2 Å². The molecule has 0 aliphatic carbocycles. The molecule has 1 N–H and O–H groups in total. The number of hydrogen-bond acceptors (Lipinski definition) is 5. The molecular weight excluding hydrogens is 372 g/mol. The number of nitrogens with one attached hydrogen (secondary N) is 1. The van der Waals surface area contributed by atoms with Crippen LogP contribution in [0, 0.1) is 0 Å². The minimum absolute atomic E-state index is 0.124. The van der Waals surface area contributed by atoms with E-state index in [0.29, 0.717) is 35.9 Å². The molecule has 7 nitrogen and oxygen atoms in total. The summed E-state index contributed by atoms with van der Waals surface area (Å²) in [5.74, 6) is 1.24. The van der Waals surface area contributed by atoms with E-state index in [1.807, 2.05) is 36.4 Å². The van der Waals surface area contributed by atoms with E-state index >= 15 is 0 Å². The van der Waals surface area contributed by atoms with Gasteiger partial charge in [-0.05, 0) is 35.9 Å². The Hall–Kier alpha value is -3.74. The van der Waals surface area contributed by atoms with Crippen LogP contribution in [0.3, 0.4) is 0 Å². The number of carbonyl (C=O) groups is 2. The van der Waals surface area contributed by atoms with Crippen molar-refractivity contribution < 1.29 is 23.5 Å². The first-order chi connectivity index (χ1) is 14.2. The van der Waals surface area contributed by atoms with Gasteiger partial charge in [-0.15, -0.1) is 0 Å². The van der Waals surface area contributed by atoms with Crippen LogP contribution in [0.1, 0.15) is 21.7 Å². The van der Waals surface area contributed by atoms with Crippen LogP contribution in [0.5, 0.6) is 11.5 Å². The normalized spacial score (nSPS) is 11.9. The summed E-state index contributed by atoms with van der Waals surface area (Å²) in [5, 5.41) is 2.68. The highest BCUT2D eigenvalue weighted by molar-refractivity contribution is 5.97. The molecule has 7 heteroatoms. The van der Waals surface area contributed by atoms with Crippen LogP contribution in [0.15, 0.2) is 71.3 Å². The average molecular weight is 392 g/mol. The molecule has 2 amide bonds. The fourth-order valence-corrected chi connectivity index (χ4v) is 3.03. The highest BCUT2D eigenvalue weighted by Gasteiger charge is 2.19. The number of hydrogen-bond donors (Lipinski definition) is 1. The molecule has 0 unspecified atom stereocenters. The Morgan fingerprint density at radius 1 is 0.931 bits per heavy atom. The second kappa shape index (κ2) is 8.52.